The molecule has 0 saturated heterocycles. The lowest BCUT2D eigenvalue weighted by atomic mass is 9.82. The van der Waals surface area contributed by atoms with E-state index in [1.165, 1.54) is 12.0 Å². The minimum absolute atomic E-state index is 0.398. The van der Waals surface area contributed by atoms with Crippen molar-refractivity contribution in [2.45, 2.75) is 33.6 Å². The van der Waals surface area contributed by atoms with Crippen molar-refractivity contribution in [3.63, 3.8) is 0 Å². The van der Waals surface area contributed by atoms with Gasteiger partial charge >= 0.3 is 0 Å². The minimum atomic E-state index is 0.398. The van der Waals surface area contributed by atoms with Crippen LogP contribution in [0.5, 0.6) is 0 Å². The summed E-state index contributed by atoms with van der Waals surface area (Å²) in [4.78, 5) is 10.2. The predicted octanol–water partition coefficient (Wildman–Crippen LogP) is 2.57. The van der Waals surface area contributed by atoms with Crippen LogP contribution in [0.1, 0.15) is 33.6 Å². The number of carbonyl (C=O) groups excluding carboxylic acids is 1. The van der Waals surface area contributed by atoms with Crippen molar-refractivity contribution < 1.29 is 4.79 Å². The minimum Gasteiger partial charge on any atom is -0.299 e. The molecule has 1 unspecified atom stereocenters. The molecular weight excluding hydrogens is 136 g/mol. The fraction of sp³-hybridized carbons (Fsp3) is 0.700. The van der Waals surface area contributed by atoms with E-state index < -0.39 is 0 Å². The summed E-state index contributed by atoms with van der Waals surface area (Å²) >= 11 is 0. The molecule has 0 aliphatic heterocycles. The predicted molar refractivity (Wildman–Crippen MR) is 46.3 cm³/mol. The van der Waals surface area contributed by atoms with E-state index in [1.54, 1.807) is 6.08 Å². The molecule has 62 valence electrons. The molecular formula is C10H16O. The highest BCUT2D eigenvalue weighted by Gasteiger charge is 2.34. The van der Waals surface area contributed by atoms with Crippen LogP contribution in [0.2, 0.25) is 0 Å². The molecule has 11 heavy (non-hydrogen) atoms. The van der Waals surface area contributed by atoms with Gasteiger partial charge in [-0.25, -0.2) is 0 Å². The van der Waals surface area contributed by atoms with Crippen molar-refractivity contribution in [3.8, 4) is 0 Å². The van der Waals surface area contributed by atoms with Crippen LogP contribution in [-0.2, 0) is 4.79 Å². The molecule has 0 radical (unpaired) electrons. The summed E-state index contributed by atoms with van der Waals surface area (Å²) in [7, 11) is 0. The molecule has 0 amide bonds. The second kappa shape index (κ2) is 2.80. The van der Waals surface area contributed by atoms with Gasteiger partial charge < -0.3 is 0 Å². The maximum absolute atomic E-state index is 10.2. The molecule has 0 spiro atoms. The highest BCUT2D eigenvalue weighted by atomic mass is 16.1. The Bertz CT molecular complexity index is 189. The Morgan fingerprint density at radius 1 is 1.55 bits per heavy atom. The van der Waals surface area contributed by atoms with Crippen LogP contribution < -0.4 is 0 Å². The molecule has 0 heterocycles. The van der Waals surface area contributed by atoms with E-state index >= 15 is 0 Å². The average molecular weight is 152 g/mol. The lowest BCUT2D eigenvalue weighted by molar-refractivity contribution is -0.104. The van der Waals surface area contributed by atoms with Crippen LogP contribution in [0.3, 0.4) is 0 Å². The Morgan fingerprint density at radius 2 is 2.18 bits per heavy atom. The largest absolute Gasteiger partial charge is 0.299 e. The van der Waals surface area contributed by atoms with Crippen molar-refractivity contribution >= 4 is 6.29 Å². The third kappa shape index (κ3) is 1.52. The van der Waals surface area contributed by atoms with Crippen molar-refractivity contribution in [2.75, 3.05) is 0 Å². The molecule has 0 aromatic rings. The third-order valence-electron chi connectivity index (χ3n) is 3.07. The van der Waals surface area contributed by atoms with E-state index in [-0.39, 0.29) is 0 Å². The van der Waals surface area contributed by atoms with Crippen LogP contribution >= 0.6 is 0 Å². The van der Waals surface area contributed by atoms with Gasteiger partial charge in [-0.3, -0.25) is 4.79 Å². The molecule has 1 aliphatic rings. The maximum atomic E-state index is 10.2. The molecule has 1 nitrogen and oxygen atoms in total. The number of aldehydes is 1. The summed E-state index contributed by atoms with van der Waals surface area (Å²) in [5.74, 6) is 0.577. The SMILES string of the molecule is CC1C(=CC=O)CCC1(C)C. The molecule has 0 aromatic carbocycles. The summed E-state index contributed by atoms with van der Waals surface area (Å²) in [6, 6.07) is 0. The van der Waals surface area contributed by atoms with Gasteiger partial charge in [0.1, 0.15) is 6.29 Å². The van der Waals surface area contributed by atoms with E-state index in [1.807, 2.05) is 0 Å². The van der Waals surface area contributed by atoms with E-state index in [0.717, 1.165) is 12.7 Å². The van der Waals surface area contributed by atoms with Crippen LogP contribution in [0.4, 0.5) is 0 Å². The first kappa shape index (κ1) is 8.51. The van der Waals surface area contributed by atoms with Gasteiger partial charge in [-0.15, -0.1) is 0 Å². The Kier molecular flexibility index (Phi) is 2.17. The Labute approximate surface area is 68.5 Å². The van der Waals surface area contributed by atoms with E-state index in [2.05, 4.69) is 20.8 Å². The van der Waals surface area contributed by atoms with Crippen LogP contribution in [0, 0.1) is 11.3 Å². The molecule has 1 heteroatoms. The molecule has 1 saturated carbocycles. The van der Waals surface area contributed by atoms with E-state index in [0.29, 0.717) is 11.3 Å². The Hall–Kier alpha value is -0.590. The average Bonchev–Trinajstić information content (AvgIpc) is 2.17. The Balaban J connectivity index is 2.78. The smallest absolute Gasteiger partial charge is 0.142 e. The van der Waals surface area contributed by atoms with Crippen LogP contribution in [-0.4, -0.2) is 6.29 Å². The maximum Gasteiger partial charge on any atom is 0.142 e. The fourth-order valence-corrected chi connectivity index (χ4v) is 1.72. The number of allylic oxidation sites excluding steroid dienone is 2. The van der Waals surface area contributed by atoms with Gasteiger partial charge in [0.15, 0.2) is 0 Å². The lowest BCUT2D eigenvalue weighted by Crippen LogP contribution is -2.14. The van der Waals surface area contributed by atoms with Gasteiger partial charge in [0, 0.05) is 0 Å². The fourth-order valence-electron chi connectivity index (χ4n) is 1.72. The Morgan fingerprint density at radius 3 is 2.55 bits per heavy atom. The number of hydrogen-bond donors (Lipinski definition) is 0. The van der Waals surface area contributed by atoms with Gasteiger partial charge in [0.25, 0.3) is 0 Å². The van der Waals surface area contributed by atoms with Crippen molar-refractivity contribution in [2.24, 2.45) is 11.3 Å². The van der Waals surface area contributed by atoms with Gasteiger partial charge in [-0.2, -0.15) is 0 Å². The standard InChI is InChI=1S/C10H16O/c1-8-9(5-7-11)4-6-10(8,2)3/h5,7-8H,4,6H2,1-3H3. The molecule has 0 N–H and O–H groups in total. The zero-order valence-corrected chi connectivity index (χ0v) is 7.55. The zero-order chi connectivity index (χ0) is 8.48. The second-order valence-electron chi connectivity index (χ2n) is 4.09. The van der Waals surface area contributed by atoms with Gasteiger partial charge in [-0.05, 0) is 30.3 Å². The summed E-state index contributed by atoms with van der Waals surface area (Å²) in [5.41, 5.74) is 1.72. The number of hydrogen-bond acceptors (Lipinski definition) is 1. The van der Waals surface area contributed by atoms with E-state index in [4.69, 9.17) is 0 Å². The lowest BCUT2D eigenvalue weighted by Gasteiger charge is -2.23. The van der Waals surface area contributed by atoms with Crippen molar-refractivity contribution in [1.82, 2.24) is 0 Å². The van der Waals surface area contributed by atoms with Crippen LogP contribution in [0.15, 0.2) is 11.6 Å². The molecule has 0 bridgehead atoms. The first-order chi connectivity index (χ1) is 5.08. The van der Waals surface area contributed by atoms with Gasteiger partial charge in [0.05, 0.1) is 0 Å². The van der Waals surface area contributed by atoms with Crippen molar-refractivity contribution in [3.05, 3.63) is 11.6 Å². The second-order valence-corrected chi connectivity index (χ2v) is 4.09. The molecule has 1 fully saturated rings. The summed E-state index contributed by atoms with van der Waals surface area (Å²) in [5, 5.41) is 0. The first-order valence-electron chi connectivity index (χ1n) is 4.22. The summed E-state index contributed by atoms with van der Waals surface area (Å²) < 4.78 is 0. The van der Waals surface area contributed by atoms with Crippen molar-refractivity contribution in [1.29, 1.82) is 0 Å². The summed E-state index contributed by atoms with van der Waals surface area (Å²) in [6.45, 7) is 6.74. The quantitative estimate of drug-likeness (QED) is 0.417. The number of carbonyl (C=O) groups is 1. The molecule has 1 aliphatic carbocycles. The monoisotopic (exact) mass is 152 g/mol. The first-order valence-corrected chi connectivity index (χ1v) is 4.22. The van der Waals surface area contributed by atoms with Crippen LogP contribution in [0.25, 0.3) is 0 Å². The summed E-state index contributed by atoms with van der Waals surface area (Å²) in [6.07, 6.45) is 4.97. The van der Waals surface area contributed by atoms with E-state index in [9.17, 15) is 4.79 Å². The van der Waals surface area contributed by atoms with Gasteiger partial charge in [-0.1, -0.05) is 26.3 Å². The topological polar surface area (TPSA) is 17.1 Å². The third-order valence-corrected chi connectivity index (χ3v) is 3.07. The zero-order valence-electron chi connectivity index (χ0n) is 7.55. The highest BCUT2D eigenvalue weighted by molar-refractivity contribution is 5.66. The molecule has 0 aromatic heterocycles. The van der Waals surface area contributed by atoms with Gasteiger partial charge in [0.2, 0.25) is 0 Å². The highest BCUT2D eigenvalue weighted by Crippen LogP contribution is 2.45. The molecule has 1 rings (SSSR count). The normalized spacial score (nSPS) is 32.6. The number of rotatable bonds is 1. The molecule has 1 atom stereocenters.